The number of hydrogen-bond donors (Lipinski definition) is 2. The summed E-state index contributed by atoms with van der Waals surface area (Å²) in [7, 11) is -3.85. The molecule has 6 heteroatoms. The minimum absolute atomic E-state index is 0.0663. The molecule has 2 N–H and O–H groups in total. The Labute approximate surface area is 124 Å². The molecule has 0 amide bonds. The number of carboxylic acid groups (broad SMARTS) is 1. The lowest BCUT2D eigenvalue weighted by Gasteiger charge is -2.15. The number of hydrogen-bond acceptors (Lipinski definition) is 3. The van der Waals surface area contributed by atoms with E-state index in [0.29, 0.717) is 11.5 Å². The van der Waals surface area contributed by atoms with Gasteiger partial charge in [0.1, 0.15) is 6.04 Å². The number of rotatable bonds is 7. The first-order chi connectivity index (χ1) is 9.79. The SMILES string of the molecule is C=C(C)CC(NS(=O)(=O)c1cccc(C2CC2)c1)C(=O)O. The van der Waals surface area contributed by atoms with Gasteiger partial charge in [0.15, 0.2) is 0 Å². The highest BCUT2D eigenvalue weighted by Crippen LogP contribution is 2.40. The van der Waals surface area contributed by atoms with Crippen LogP contribution >= 0.6 is 0 Å². The van der Waals surface area contributed by atoms with Crippen molar-refractivity contribution >= 4 is 16.0 Å². The first kappa shape index (κ1) is 15.7. The monoisotopic (exact) mass is 309 g/mol. The predicted octanol–water partition coefficient (Wildman–Crippen LogP) is 2.26. The second-order valence-electron chi connectivity index (χ2n) is 5.52. The van der Waals surface area contributed by atoms with Crippen molar-refractivity contribution in [3.05, 3.63) is 42.0 Å². The van der Waals surface area contributed by atoms with Gasteiger partial charge in [0.25, 0.3) is 0 Å². The Morgan fingerprint density at radius 3 is 2.67 bits per heavy atom. The topological polar surface area (TPSA) is 83.5 Å². The van der Waals surface area contributed by atoms with Crippen LogP contribution in [-0.2, 0) is 14.8 Å². The van der Waals surface area contributed by atoms with E-state index in [9.17, 15) is 13.2 Å². The normalized spacial score (nSPS) is 16.4. The van der Waals surface area contributed by atoms with Gasteiger partial charge in [-0.05, 0) is 49.8 Å². The molecule has 5 nitrogen and oxygen atoms in total. The maximum Gasteiger partial charge on any atom is 0.322 e. The van der Waals surface area contributed by atoms with Crippen LogP contribution in [-0.4, -0.2) is 25.5 Å². The second kappa shape index (κ2) is 5.99. The highest BCUT2D eigenvalue weighted by molar-refractivity contribution is 7.89. The van der Waals surface area contributed by atoms with Crippen molar-refractivity contribution in [3.8, 4) is 0 Å². The average Bonchev–Trinajstić information content (AvgIpc) is 3.21. The molecule has 1 atom stereocenters. The van der Waals surface area contributed by atoms with Crippen LogP contribution in [0.5, 0.6) is 0 Å². The molecule has 0 bridgehead atoms. The van der Waals surface area contributed by atoms with Gasteiger partial charge >= 0.3 is 5.97 Å². The Morgan fingerprint density at radius 1 is 1.48 bits per heavy atom. The Morgan fingerprint density at radius 2 is 2.14 bits per heavy atom. The number of nitrogens with one attached hydrogen (secondary N) is 1. The molecule has 0 radical (unpaired) electrons. The quantitative estimate of drug-likeness (QED) is 0.757. The molecule has 1 aliphatic rings. The zero-order chi connectivity index (χ0) is 15.6. The molecule has 2 rings (SSSR count). The third-order valence-electron chi connectivity index (χ3n) is 3.37. The van der Waals surface area contributed by atoms with Crippen LogP contribution < -0.4 is 4.72 Å². The van der Waals surface area contributed by atoms with Crippen molar-refractivity contribution in [3.63, 3.8) is 0 Å². The molecule has 0 aromatic heterocycles. The second-order valence-corrected chi connectivity index (χ2v) is 7.23. The predicted molar refractivity (Wildman–Crippen MR) is 79.6 cm³/mol. The van der Waals surface area contributed by atoms with Gasteiger partial charge in [0, 0.05) is 0 Å². The van der Waals surface area contributed by atoms with Crippen LogP contribution in [0, 0.1) is 0 Å². The molecular weight excluding hydrogens is 290 g/mol. The summed E-state index contributed by atoms with van der Waals surface area (Å²) in [5.41, 5.74) is 1.60. The van der Waals surface area contributed by atoms with Gasteiger partial charge < -0.3 is 5.11 Å². The lowest BCUT2D eigenvalue weighted by molar-refractivity contribution is -0.138. The Kier molecular flexibility index (Phi) is 4.49. The van der Waals surface area contributed by atoms with Crippen molar-refractivity contribution in [2.75, 3.05) is 0 Å². The summed E-state index contributed by atoms with van der Waals surface area (Å²) in [6.45, 7) is 5.29. The van der Waals surface area contributed by atoms with Gasteiger partial charge in [-0.1, -0.05) is 17.7 Å². The average molecular weight is 309 g/mol. The summed E-state index contributed by atoms with van der Waals surface area (Å²) < 4.78 is 26.9. The first-order valence-corrected chi connectivity index (χ1v) is 8.27. The van der Waals surface area contributed by atoms with Crippen LogP contribution in [0.25, 0.3) is 0 Å². The lowest BCUT2D eigenvalue weighted by atomic mass is 10.1. The molecule has 0 heterocycles. The van der Waals surface area contributed by atoms with Crippen LogP contribution in [0.1, 0.15) is 37.7 Å². The molecule has 0 saturated heterocycles. The third-order valence-corrected chi connectivity index (χ3v) is 4.83. The fourth-order valence-electron chi connectivity index (χ4n) is 2.14. The van der Waals surface area contributed by atoms with E-state index in [1.165, 1.54) is 6.07 Å². The van der Waals surface area contributed by atoms with Gasteiger partial charge in [0.05, 0.1) is 4.90 Å². The van der Waals surface area contributed by atoms with Crippen molar-refractivity contribution in [2.45, 2.75) is 43.0 Å². The van der Waals surface area contributed by atoms with E-state index in [2.05, 4.69) is 11.3 Å². The molecule has 0 aliphatic heterocycles. The van der Waals surface area contributed by atoms with Crippen molar-refractivity contribution in [1.82, 2.24) is 4.72 Å². The molecule has 1 aromatic rings. The smallest absolute Gasteiger partial charge is 0.322 e. The molecule has 1 aliphatic carbocycles. The molecule has 0 spiro atoms. The molecule has 21 heavy (non-hydrogen) atoms. The zero-order valence-electron chi connectivity index (χ0n) is 11.9. The van der Waals surface area contributed by atoms with E-state index in [1.807, 2.05) is 6.07 Å². The lowest BCUT2D eigenvalue weighted by Crippen LogP contribution is -2.40. The maximum absolute atomic E-state index is 12.3. The van der Waals surface area contributed by atoms with Crippen molar-refractivity contribution in [1.29, 1.82) is 0 Å². The number of sulfonamides is 1. The summed E-state index contributed by atoms with van der Waals surface area (Å²) in [5, 5.41) is 9.12. The van der Waals surface area contributed by atoms with E-state index >= 15 is 0 Å². The zero-order valence-corrected chi connectivity index (χ0v) is 12.7. The number of benzene rings is 1. The minimum Gasteiger partial charge on any atom is -0.480 e. The molecule has 1 saturated carbocycles. The highest BCUT2D eigenvalue weighted by Gasteiger charge is 2.28. The Balaban J connectivity index is 2.22. The summed E-state index contributed by atoms with van der Waals surface area (Å²) in [6, 6.07) is 5.50. The van der Waals surface area contributed by atoms with Gasteiger partial charge in [0.2, 0.25) is 10.0 Å². The fourth-order valence-corrected chi connectivity index (χ4v) is 3.38. The minimum atomic E-state index is -3.85. The van der Waals surface area contributed by atoms with E-state index < -0.39 is 22.0 Å². The van der Waals surface area contributed by atoms with Crippen LogP contribution in [0.2, 0.25) is 0 Å². The standard InChI is InChI=1S/C15H19NO4S/c1-10(2)8-14(15(17)18)16-21(19,20)13-5-3-4-12(9-13)11-6-7-11/h3-5,9,11,14,16H,1,6-8H2,2H3,(H,17,18). The summed E-state index contributed by atoms with van der Waals surface area (Å²) in [4.78, 5) is 11.3. The Bertz CT molecular complexity index is 662. The summed E-state index contributed by atoms with van der Waals surface area (Å²) in [5.74, 6) is -0.772. The fraction of sp³-hybridized carbons (Fsp3) is 0.400. The van der Waals surface area contributed by atoms with Crippen LogP contribution in [0.15, 0.2) is 41.3 Å². The van der Waals surface area contributed by atoms with Gasteiger partial charge in [-0.3, -0.25) is 4.79 Å². The highest BCUT2D eigenvalue weighted by atomic mass is 32.2. The third kappa shape index (κ3) is 4.15. The molecule has 1 fully saturated rings. The van der Waals surface area contributed by atoms with Crippen molar-refractivity contribution in [2.24, 2.45) is 0 Å². The van der Waals surface area contributed by atoms with E-state index in [-0.39, 0.29) is 11.3 Å². The van der Waals surface area contributed by atoms with Crippen LogP contribution in [0.4, 0.5) is 0 Å². The van der Waals surface area contributed by atoms with Crippen molar-refractivity contribution < 1.29 is 18.3 Å². The summed E-state index contributed by atoms with van der Waals surface area (Å²) >= 11 is 0. The Hall–Kier alpha value is -1.66. The molecule has 1 aromatic carbocycles. The van der Waals surface area contributed by atoms with Crippen LogP contribution in [0.3, 0.4) is 0 Å². The largest absolute Gasteiger partial charge is 0.480 e. The van der Waals surface area contributed by atoms with Gasteiger partial charge in [-0.2, -0.15) is 4.72 Å². The molecule has 114 valence electrons. The maximum atomic E-state index is 12.3. The number of carboxylic acids is 1. The van der Waals surface area contributed by atoms with Gasteiger partial charge in [-0.15, -0.1) is 6.58 Å². The number of aliphatic carboxylic acids is 1. The molecule has 1 unspecified atom stereocenters. The van der Waals surface area contributed by atoms with E-state index in [0.717, 1.165) is 18.4 Å². The number of carbonyl (C=O) groups is 1. The first-order valence-electron chi connectivity index (χ1n) is 6.79. The summed E-state index contributed by atoms with van der Waals surface area (Å²) in [6.07, 6.45) is 2.21. The van der Waals surface area contributed by atoms with E-state index in [4.69, 9.17) is 5.11 Å². The van der Waals surface area contributed by atoms with E-state index in [1.54, 1.807) is 19.1 Å². The molecular formula is C15H19NO4S. The van der Waals surface area contributed by atoms with Gasteiger partial charge in [-0.25, -0.2) is 8.42 Å².